The molecular formula is C18H24F3N5O3. The molecule has 8 nitrogen and oxygen atoms in total. The van der Waals surface area contributed by atoms with Crippen molar-refractivity contribution in [3.63, 3.8) is 0 Å². The summed E-state index contributed by atoms with van der Waals surface area (Å²) < 4.78 is 50.1. The Morgan fingerprint density at radius 2 is 2.03 bits per heavy atom. The van der Waals surface area contributed by atoms with Crippen LogP contribution < -0.4 is 10.1 Å². The quantitative estimate of drug-likeness (QED) is 0.809. The Morgan fingerprint density at radius 3 is 2.62 bits per heavy atom. The monoisotopic (exact) mass is 415 g/mol. The van der Waals surface area contributed by atoms with Gasteiger partial charge in [0.05, 0.1) is 11.2 Å². The molecular weight excluding hydrogens is 391 g/mol. The fourth-order valence-electron chi connectivity index (χ4n) is 3.03. The van der Waals surface area contributed by atoms with Gasteiger partial charge < -0.3 is 14.8 Å². The van der Waals surface area contributed by atoms with E-state index in [-0.39, 0.29) is 17.7 Å². The number of ether oxygens (including phenoxy) is 2. The number of carbonyl (C=O) groups is 1. The van der Waals surface area contributed by atoms with E-state index in [1.807, 2.05) is 20.8 Å². The largest absolute Gasteiger partial charge is 0.467 e. The lowest BCUT2D eigenvalue weighted by Crippen LogP contribution is -2.27. The number of halogens is 3. The molecule has 2 aromatic rings. The van der Waals surface area contributed by atoms with Crippen LogP contribution in [0.5, 0.6) is 5.88 Å². The summed E-state index contributed by atoms with van der Waals surface area (Å²) in [6, 6.07) is 2.93. The lowest BCUT2D eigenvalue weighted by molar-refractivity contribution is -0.154. The van der Waals surface area contributed by atoms with E-state index in [9.17, 15) is 18.0 Å². The molecule has 3 heterocycles. The molecule has 0 unspecified atom stereocenters. The zero-order chi connectivity index (χ0) is 21.4. The van der Waals surface area contributed by atoms with Crippen LogP contribution in [0.15, 0.2) is 12.1 Å². The van der Waals surface area contributed by atoms with E-state index in [0.717, 1.165) is 18.5 Å². The Hall–Kier alpha value is -2.56. The third-order valence-electron chi connectivity index (χ3n) is 4.34. The van der Waals surface area contributed by atoms with Gasteiger partial charge in [-0.3, -0.25) is 9.48 Å². The Labute approximate surface area is 166 Å². The number of carbonyl (C=O) groups excluding carboxylic acids is 1. The molecule has 1 saturated heterocycles. The number of hydrogen-bond acceptors (Lipinski definition) is 5. The van der Waals surface area contributed by atoms with Crippen LogP contribution in [0.1, 0.15) is 55.9 Å². The van der Waals surface area contributed by atoms with Gasteiger partial charge in [-0.25, -0.2) is 4.68 Å². The van der Waals surface area contributed by atoms with Crippen molar-refractivity contribution in [1.82, 2.24) is 19.6 Å². The molecule has 0 saturated carbocycles. The van der Waals surface area contributed by atoms with Gasteiger partial charge in [0.15, 0.2) is 6.61 Å². The second-order valence-corrected chi connectivity index (χ2v) is 7.89. The number of amides is 1. The summed E-state index contributed by atoms with van der Waals surface area (Å²) in [7, 11) is 1.45. The first-order valence-corrected chi connectivity index (χ1v) is 9.21. The molecule has 1 N–H and O–H groups in total. The van der Waals surface area contributed by atoms with Gasteiger partial charge >= 0.3 is 6.18 Å². The minimum atomic E-state index is -4.49. The van der Waals surface area contributed by atoms with Crippen LogP contribution in [0, 0.1) is 0 Å². The number of nitrogens with one attached hydrogen (secondary N) is 1. The molecule has 1 fully saturated rings. The zero-order valence-electron chi connectivity index (χ0n) is 16.7. The highest BCUT2D eigenvalue weighted by Crippen LogP contribution is 2.31. The van der Waals surface area contributed by atoms with Gasteiger partial charge in [-0.1, -0.05) is 0 Å². The molecule has 1 atom stereocenters. The van der Waals surface area contributed by atoms with Crippen molar-refractivity contribution in [2.75, 3.05) is 18.5 Å². The van der Waals surface area contributed by atoms with Crippen molar-refractivity contribution in [3.8, 4) is 5.88 Å². The maximum absolute atomic E-state index is 12.7. The number of rotatable bonds is 5. The SMILES string of the molecule is Cn1nc(OCC(F)(F)F)cc1C(=O)Nc1cc([C@H]2CCCO2)nn1C(C)(C)C. The second-order valence-electron chi connectivity index (χ2n) is 7.89. The van der Waals surface area contributed by atoms with E-state index in [1.165, 1.54) is 17.8 Å². The van der Waals surface area contributed by atoms with E-state index in [1.54, 1.807) is 10.7 Å². The minimum absolute atomic E-state index is 0.0579. The van der Waals surface area contributed by atoms with Gasteiger partial charge in [-0.2, -0.15) is 18.3 Å². The van der Waals surface area contributed by atoms with Gasteiger partial charge in [0.25, 0.3) is 5.91 Å². The Bertz CT molecular complexity index is 876. The van der Waals surface area contributed by atoms with Gasteiger partial charge in [0.2, 0.25) is 5.88 Å². The molecule has 1 aliphatic rings. The van der Waals surface area contributed by atoms with Crippen LogP contribution in [0.3, 0.4) is 0 Å². The highest BCUT2D eigenvalue weighted by atomic mass is 19.4. The third-order valence-corrected chi connectivity index (χ3v) is 4.34. The van der Waals surface area contributed by atoms with Gasteiger partial charge in [-0.15, -0.1) is 5.10 Å². The van der Waals surface area contributed by atoms with Gasteiger partial charge in [0.1, 0.15) is 17.6 Å². The summed E-state index contributed by atoms with van der Waals surface area (Å²) in [6.45, 7) is 5.03. The van der Waals surface area contributed by atoms with Gasteiger partial charge in [-0.05, 0) is 33.6 Å². The van der Waals surface area contributed by atoms with Gasteiger partial charge in [0, 0.05) is 25.8 Å². The molecule has 1 amide bonds. The lowest BCUT2D eigenvalue weighted by atomic mass is 10.1. The molecule has 0 spiro atoms. The molecule has 0 aliphatic carbocycles. The van der Waals surface area contributed by atoms with Crippen LogP contribution >= 0.6 is 0 Å². The average Bonchev–Trinajstić information content (AvgIpc) is 3.30. The van der Waals surface area contributed by atoms with Crippen LogP contribution in [0.2, 0.25) is 0 Å². The summed E-state index contributed by atoms with van der Waals surface area (Å²) in [5, 5.41) is 11.2. The Kier molecular flexibility index (Phi) is 5.61. The lowest BCUT2D eigenvalue weighted by Gasteiger charge is -2.22. The number of anilines is 1. The number of hydrogen-bond donors (Lipinski definition) is 1. The summed E-state index contributed by atoms with van der Waals surface area (Å²) in [5.41, 5.74) is 0.377. The molecule has 0 bridgehead atoms. The fourth-order valence-corrected chi connectivity index (χ4v) is 3.03. The van der Waals surface area contributed by atoms with Crippen LogP contribution in [0.25, 0.3) is 0 Å². The number of nitrogens with zero attached hydrogens (tertiary/aromatic N) is 4. The van der Waals surface area contributed by atoms with E-state index >= 15 is 0 Å². The molecule has 3 rings (SSSR count). The van der Waals surface area contributed by atoms with Crippen molar-refractivity contribution in [3.05, 3.63) is 23.5 Å². The van der Waals surface area contributed by atoms with E-state index in [2.05, 4.69) is 20.3 Å². The standard InChI is InChI=1S/C18H24F3N5O3/c1-17(2,3)26-14(8-11(23-26)13-6-5-7-28-13)22-16(27)12-9-15(24-25(12)4)29-10-18(19,20)21/h8-9,13H,5-7,10H2,1-4H3,(H,22,27)/t13-/m1/s1. The van der Waals surface area contributed by atoms with Crippen molar-refractivity contribution in [2.45, 2.75) is 51.4 Å². The molecule has 1 aliphatic heterocycles. The summed E-state index contributed by atoms with van der Waals surface area (Å²) in [5.74, 6) is -0.350. The van der Waals surface area contributed by atoms with E-state index in [0.29, 0.717) is 12.4 Å². The highest BCUT2D eigenvalue weighted by molar-refractivity contribution is 6.02. The first kappa shape index (κ1) is 21.2. The number of alkyl halides is 3. The smallest absolute Gasteiger partial charge is 0.422 e. The summed E-state index contributed by atoms with van der Waals surface area (Å²) in [6.07, 6.45) is -2.80. The number of aromatic nitrogens is 4. The normalized spacial score (nSPS) is 17.6. The third kappa shape index (κ3) is 5.08. The van der Waals surface area contributed by atoms with Crippen LogP contribution in [-0.4, -0.2) is 44.9 Å². The molecule has 29 heavy (non-hydrogen) atoms. The maximum atomic E-state index is 12.7. The molecule has 11 heteroatoms. The summed E-state index contributed by atoms with van der Waals surface area (Å²) >= 11 is 0. The Balaban J connectivity index is 1.80. The van der Waals surface area contributed by atoms with Crippen molar-refractivity contribution in [1.29, 1.82) is 0 Å². The first-order valence-electron chi connectivity index (χ1n) is 9.21. The maximum Gasteiger partial charge on any atom is 0.422 e. The molecule has 0 aromatic carbocycles. The first-order chi connectivity index (χ1) is 13.4. The van der Waals surface area contributed by atoms with Crippen LogP contribution in [-0.2, 0) is 17.3 Å². The highest BCUT2D eigenvalue weighted by Gasteiger charge is 2.30. The molecule has 0 radical (unpaired) electrons. The van der Waals surface area contributed by atoms with Crippen molar-refractivity contribution < 1.29 is 27.4 Å². The predicted octanol–water partition coefficient (Wildman–Crippen LogP) is 3.42. The second kappa shape index (κ2) is 7.69. The molecule has 160 valence electrons. The van der Waals surface area contributed by atoms with E-state index < -0.39 is 24.2 Å². The Morgan fingerprint density at radius 1 is 1.31 bits per heavy atom. The fraction of sp³-hybridized carbons (Fsp3) is 0.611. The zero-order valence-corrected chi connectivity index (χ0v) is 16.7. The average molecular weight is 415 g/mol. The number of aryl methyl sites for hydroxylation is 1. The predicted molar refractivity (Wildman–Crippen MR) is 97.9 cm³/mol. The van der Waals surface area contributed by atoms with Crippen LogP contribution in [0.4, 0.5) is 19.0 Å². The minimum Gasteiger partial charge on any atom is -0.467 e. The topological polar surface area (TPSA) is 83.2 Å². The summed E-state index contributed by atoms with van der Waals surface area (Å²) in [4.78, 5) is 12.7. The molecule has 2 aromatic heterocycles. The van der Waals surface area contributed by atoms with E-state index in [4.69, 9.17) is 4.74 Å². The van der Waals surface area contributed by atoms with Crippen molar-refractivity contribution in [2.24, 2.45) is 7.05 Å². The van der Waals surface area contributed by atoms with Crippen molar-refractivity contribution >= 4 is 11.7 Å².